The van der Waals surface area contributed by atoms with Gasteiger partial charge in [0.15, 0.2) is 0 Å². The molecule has 0 saturated heterocycles. The minimum Gasteiger partial charge on any atom is -1.00 e. The summed E-state index contributed by atoms with van der Waals surface area (Å²) < 4.78 is 30.8. The number of nitrogens with zero attached hydrogens (tertiary/aromatic N) is 1. The SMILES string of the molecule is CC(C)(C)S(=O)N=C1CCC1.CC(C)(C)S(=O)NC1(Cc2ccccc2)CCC1.Cl.NC1(Cc2ccccc2)CCC1.[CH2-]c1ccccc1.[Cl-].[Mg+2]. The zero-order valence-electron chi connectivity index (χ0n) is 31.8. The van der Waals surface area contributed by atoms with Crippen LogP contribution < -0.4 is 22.9 Å². The molecule has 3 aliphatic rings. The van der Waals surface area contributed by atoms with Crippen LogP contribution in [0.4, 0.5) is 0 Å². The van der Waals surface area contributed by atoms with Crippen molar-refractivity contribution in [2.24, 2.45) is 10.1 Å². The molecule has 6 rings (SSSR count). The van der Waals surface area contributed by atoms with Crippen molar-refractivity contribution in [1.29, 1.82) is 0 Å². The standard InChI is InChI=1S/C15H23NOS.C11H15N.C8H15NOS.C7H7.2ClH.Mg/c1-14(2,3)18(17)16-15(10-7-11-15)12-13-8-5-4-6-9-13;12-11(7-4-8-11)9-10-5-2-1-3-6-10;1-8(2,3)11(10)9-7-5-4-6-7;1-7-5-3-2-4-6-7;;;/h4-6,8-9,16H,7,10-12H2,1-3H3;1-3,5-6H,4,7-9,12H2;4-6H2,1-3H3;2-6H,1H2;2*1H;/q;;;-1;;;+2/p-1. The molecule has 0 aromatic heterocycles. The summed E-state index contributed by atoms with van der Waals surface area (Å²) in [7, 11) is -2.01. The fourth-order valence-electron chi connectivity index (χ4n) is 5.22. The van der Waals surface area contributed by atoms with Crippen LogP contribution in [0.2, 0.25) is 0 Å². The number of benzene rings is 3. The summed E-state index contributed by atoms with van der Waals surface area (Å²) in [6.45, 7) is 15.6. The molecule has 0 aliphatic heterocycles. The van der Waals surface area contributed by atoms with E-state index in [4.69, 9.17) is 5.73 Å². The van der Waals surface area contributed by atoms with E-state index in [0.29, 0.717) is 0 Å². The molecule has 3 N–H and O–H groups in total. The van der Waals surface area contributed by atoms with Crippen LogP contribution in [0.1, 0.15) is 116 Å². The van der Waals surface area contributed by atoms with Crippen LogP contribution in [0, 0.1) is 6.92 Å². The van der Waals surface area contributed by atoms with Crippen LogP contribution in [0.25, 0.3) is 0 Å². The van der Waals surface area contributed by atoms with Gasteiger partial charge in [0.2, 0.25) is 0 Å². The Kier molecular flexibility index (Phi) is 23.0. The summed E-state index contributed by atoms with van der Waals surface area (Å²) in [5.41, 5.74) is 11.2. The minimum atomic E-state index is -1.03. The van der Waals surface area contributed by atoms with Crippen LogP contribution >= 0.6 is 12.4 Å². The molecule has 5 nitrogen and oxygen atoms in total. The third kappa shape index (κ3) is 18.6. The molecule has 0 heterocycles. The van der Waals surface area contributed by atoms with Crippen molar-refractivity contribution in [1.82, 2.24) is 4.72 Å². The van der Waals surface area contributed by atoms with Crippen molar-refractivity contribution in [2.45, 2.75) is 133 Å². The van der Waals surface area contributed by atoms with E-state index in [-0.39, 0.29) is 68.4 Å². The fourth-order valence-corrected chi connectivity index (χ4v) is 6.89. The second-order valence-electron chi connectivity index (χ2n) is 15.5. The Bertz CT molecular complexity index is 1450. The number of nitrogens with one attached hydrogen (secondary N) is 1. The molecule has 3 aromatic rings. The van der Waals surface area contributed by atoms with Gasteiger partial charge in [-0.3, -0.25) is 0 Å². The summed E-state index contributed by atoms with van der Waals surface area (Å²) in [5.74, 6) is 0. The summed E-state index contributed by atoms with van der Waals surface area (Å²) in [5, 5.41) is 0. The quantitative estimate of drug-likeness (QED) is 0.218. The van der Waals surface area contributed by atoms with Crippen LogP contribution in [0.3, 0.4) is 0 Å². The van der Waals surface area contributed by atoms with E-state index in [0.717, 1.165) is 49.8 Å². The maximum absolute atomic E-state index is 12.3. The van der Waals surface area contributed by atoms with Gasteiger partial charge in [0.05, 0.1) is 20.5 Å². The van der Waals surface area contributed by atoms with Gasteiger partial charge in [0, 0.05) is 16.8 Å². The molecule has 0 spiro atoms. The molecule has 51 heavy (non-hydrogen) atoms. The van der Waals surface area contributed by atoms with Gasteiger partial charge >= 0.3 is 23.1 Å². The molecule has 280 valence electrons. The number of rotatable bonds is 7. The monoisotopic (exact) mass is 785 g/mol. The molecule has 0 radical (unpaired) electrons. The molecule has 3 fully saturated rings. The average Bonchev–Trinajstić information content (AvgIpc) is 2.98. The fraction of sp³-hybridized carbons (Fsp3) is 0.512. The normalized spacial score (nSPS) is 17.5. The maximum Gasteiger partial charge on any atom is 2.00 e. The van der Waals surface area contributed by atoms with Crippen LogP contribution in [0.15, 0.2) is 95.4 Å². The van der Waals surface area contributed by atoms with E-state index >= 15 is 0 Å². The first-order chi connectivity index (χ1) is 22.6. The largest absolute Gasteiger partial charge is 2.00 e. The Labute approximate surface area is 343 Å². The summed E-state index contributed by atoms with van der Waals surface area (Å²) in [4.78, 5) is 0. The van der Waals surface area contributed by atoms with Gasteiger partial charge in [0.1, 0.15) is 11.0 Å². The molecule has 3 aliphatic carbocycles. The first-order valence-electron chi connectivity index (χ1n) is 17.5. The van der Waals surface area contributed by atoms with Gasteiger partial charge in [-0.25, -0.2) is 13.1 Å². The third-order valence-electron chi connectivity index (χ3n) is 8.82. The molecule has 0 bridgehead atoms. The van der Waals surface area contributed by atoms with Gasteiger partial charge in [0.25, 0.3) is 0 Å². The van der Waals surface area contributed by atoms with Gasteiger partial charge in [-0.05, 0) is 123 Å². The van der Waals surface area contributed by atoms with Crippen molar-refractivity contribution in [2.75, 3.05) is 0 Å². The molecule has 2 unspecified atom stereocenters. The molecule has 3 aromatic carbocycles. The van der Waals surface area contributed by atoms with E-state index in [1.165, 1.54) is 43.2 Å². The van der Waals surface area contributed by atoms with E-state index < -0.39 is 22.0 Å². The second kappa shape index (κ2) is 23.5. The number of hydrogen-bond donors (Lipinski definition) is 2. The van der Waals surface area contributed by atoms with Crippen molar-refractivity contribution < 1.29 is 20.8 Å². The predicted molar refractivity (Wildman–Crippen MR) is 222 cm³/mol. The molecule has 2 atom stereocenters. The first kappa shape index (κ1) is 49.8. The van der Waals surface area contributed by atoms with E-state index in [2.05, 4.69) is 64.6 Å². The van der Waals surface area contributed by atoms with Crippen LogP contribution in [-0.2, 0) is 34.8 Å². The van der Waals surface area contributed by atoms with Crippen molar-refractivity contribution in [3.8, 4) is 0 Å². The Morgan fingerprint density at radius 1 is 0.706 bits per heavy atom. The first-order valence-corrected chi connectivity index (χ1v) is 19.8. The number of nitrogens with two attached hydrogens (primary N) is 1. The molecular formula is C41H61Cl2MgN3O2S2. The zero-order chi connectivity index (χ0) is 35.3. The minimum absolute atomic E-state index is 0. The van der Waals surface area contributed by atoms with Crippen LogP contribution in [0.5, 0.6) is 0 Å². The van der Waals surface area contributed by atoms with E-state index in [1.807, 2.05) is 84.0 Å². The Morgan fingerprint density at radius 2 is 1.14 bits per heavy atom. The molecule has 10 heteroatoms. The van der Waals surface area contributed by atoms with E-state index in [9.17, 15) is 8.42 Å². The maximum atomic E-state index is 12.3. The topological polar surface area (TPSA) is 84.5 Å². The predicted octanol–water partition coefficient (Wildman–Crippen LogP) is 6.30. The van der Waals surface area contributed by atoms with Crippen LogP contribution in [-0.4, -0.2) is 57.8 Å². The molecular weight excluding hydrogens is 726 g/mol. The zero-order valence-corrected chi connectivity index (χ0v) is 36.4. The number of halogens is 2. The number of hydrogen-bond acceptors (Lipinski definition) is 3. The third-order valence-corrected chi connectivity index (χ3v) is 12.0. The smallest absolute Gasteiger partial charge is 1.00 e. The van der Waals surface area contributed by atoms with Crippen molar-refractivity contribution in [3.05, 3.63) is 115 Å². The van der Waals surface area contributed by atoms with Crippen molar-refractivity contribution >= 4 is 63.1 Å². The second-order valence-corrected chi connectivity index (χ2v) is 19.4. The van der Waals surface area contributed by atoms with Gasteiger partial charge in [-0.15, -0.1) is 24.5 Å². The van der Waals surface area contributed by atoms with E-state index in [1.54, 1.807) is 0 Å². The summed E-state index contributed by atoms with van der Waals surface area (Å²) in [6.07, 6.45) is 12.6. The Hall–Kier alpha value is -1.23. The Morgan fingerprint density at radius 3 is 1.43 bits per heavy atom. The molecule has 0 amide bonds. The average molecular weight is 787 g/mol. The molecule has 3 saturated carbocycles. The summed E-state index contributed by atoms with van der Waals surface area (Å²) >= 11 is 0. The van der Waals surface area contributed by atoms with Crippen molar-refractivity contribution in [3.63, 3.8) is 0 Å². The Balaban J connectivity index is 0.000000672. The van der Waals surface area contributed by atoms with Gasteiger partial charge < -0.3 is 18.1 Å². The van der Waals surface area contributed by atoms with Gasteiger partial charge in [-0.1, -0.05) is 66.7 Å². The summed E-state index contributed by atoms with van der Waals surface area (Å²) in [6, 6.07) is 30.9. The van der Waals surface area contributed by atoms with Gasteiger partial charge in [-0.2, -0.15) is 29.0 Å².